The average Bonchev–Trinajstić information content (AvgIpc) is 2.81. The molecule has 90 valence electrons. The van der Waals surface area contributed by atoms with Gasteiger partial charge in [-0.05, 0) is 36.2 Å². The lowest BCUT2D eigenvalue weighted by atomic mass is 10.1. The molecule has 4 nitrogen and oxygen atoms in total. The molecule has 4 heteroatoms. The second-order valence-electron chi connectivity index (χ2n) is 4.36. The third-order valence-corrected chi connectivity index (χ3v) is 2.99. The Bertz CT molecular complexity index is 700. The minimum absolute atomic E-state index is 0.531. The number of rotatable bonds is 2. The lowest BCUT2D eigenvalue weighted by Crippen LogP contribution is -1.97. The van der Waals surface area contributed by atoms with Crippen molar-refractivity contribution in [3.8, 4) is 11.4 Å². The topological polar surface area (TPSA) is 56.2 Å². The van der Waals surface area contributed by atoms with Crippen LogP contribution in [-0.2, 0) is 6.54 Å². The SMILES string of the molecule is Cc1ccn2c(-c3cccc(CN)c3)nnc2c1. The van der Waals surface area contributed by atoms with Gasteiger partial charge in [-0.15, -0.1) is 10.2 Å². The van der Waals surface area contributed by atoms with E-state index in [4.69, 9.17) is 5.73 Å². The van der Waals surface area contributed by atoms with E-state index in [1.165, 1.54) is 5.56 Å². The van der Waals surface area contributed by atoms with Crippen LogP contribution in [-0.4, -0.2) is 14.6 Å². The van der Waals surface area contributed by atoms with Crippen LogP contribution in [0, 0.1) is 6.92 Å². The van der Waals surface area contributed by atoms with Crippen LogP contribution in [0.4, 0.5) is 0 Å². The first-order valence-corrected chi connectivity index (χ1v) is 5.89. The highest BCUT2D eigenvalue weighted by Crippen LogP contribution is 2.19. The van der Waals surface area contributed by atoms with Crippen molar-refractivity contribution in [2.75, 3.05) is 0 Å². The lowest BCUT2D eigenvalue weighted by molar-refractivity contribution is 1.06. The Morgan fingerprint density at radius 3 is 2.89 bits per heavy atom. The van der Waals surface area contributed by atoms with E-state index in [1.807, 2.05) is 47.9 Å². The molecule has 1 aromatic carbocycles. The van der Waals surface area contributed by atoms with Crippen molar-refractivity contribution >= 4 is 5.65 Å². The molecule has 18 heavy (non-hydrogen) atoms. The Kier molecular flexibility index (Phi) is 2.57. The second kappa shape index (κ2) is 4.23. The van der Waals surface area contributed by atoms with Gasteiger partial charge in [0.1, 0.15) is 0 Å². The fourth-order valence-electron chi connectivity index (χ4n) is 2.03. The van der Waals surface area contributed by atoms with Crippen molar-refractivity contribution in [2.24, 2.45) is 5.73 Å². The van der Waals surface area contributed by atoms with Crippen molar-refractivity contribution < 1.29 is 0 Å². The van der Waals surface area contributed by atoms with Gasteiger partial charge < -0.3 is 5.73 Å². The fourth-order valence-corrected chi connectivity index (χ4v) is 2.03. The third-order valence-electron chi connectivity index (χ3n) is 2.99. The highest BCUT2D eigenvalue weighted by Gasteiger charge is 2.07. The van der Waals surface area contributed by atoms with Crippen molar-refractivity contribution in [1.29, 1.82) is 0 Å². The molecule has 2 heterocycles. The largest absolute Gasteiger partial charge is 0.326 e. The van der Waals surface area contributed by atoms with Gasteiger partial charge in [0.2, 0.25) is 0 Å². The smallest absolute Gasteiger partial charge is 0.168 e. The first-order chi connectivity index (χ1) is 8.78. The maximum Gasteiger partial charge on any atom is 0.168 e. The maximum atomic E-state index is 5.66. The molecule has 0 aliphatic rings. The van der Waals surface area contributed by atoms with Gasteiger partial charge in [0, 0.05) is 18.3 Å². The Morgan fingerprint density at radius 1 is 1.17 bits per heavy atom. The predicted molar refractivity (Wildman–Crippen MR) is 71.1 cm³/mol. The molecule has 0 aliphatic heterocycles. The van der Waals surface area contributed by atoms with E-state index in [0.29, 0.717) is 6.54 Å². The number of pyridine rings is 1. The molecule has 0 atom stereocenters. The summed E-state index contributed by atoms with van der Waals surface area (Å²) in [7, 11) is 0. The molecule has 0 aliphatic carbocycles. The fraction of sp³-hybridized carbons (Fsp3) is 0.143. The molecule has 0 amide bonds. The average molecular weight is 238 g/mol. The number of benzene rings is 1. The summed E-state index contributed by atoms with van der Waals surface area (Å²) >= 11 is 0. The number of hydrogen-bond acceptors (Lipinski definition) is 3. The third kappa shape index (κ3) is 1.76. The standard InChI is InChI=1S/C14H14N4/c1-10-5-6-18-13(7-10)16-17-14(18)12-4-2-3-11(8-12)9-15/h2-8H,9,15H2,1H3. The first-order valence-electron chi connectivity index (χ1n) is 5.89. The summed E-state index contributed by atoms with van der Waals surface area (Å²) < 4.78 is 1.99. The monoisotopic (exact) mass is 238 g/mol. The van der Waals surface area contributed by atoms with Gasteiger partial charge in [0.25, 0.3) is 0 Å². The quantitative estimate of drug-likeness (QED) is 0.744. The van der Waals surface area contributed by atoms with E-state index < -0.39 is 0 Å². The summed E-state index contributed by atoms with van der Waals surface area (Å²) in [6, 6.07) is 12.1. The molecule has 0 bridgehead atoms. The van der Waals surface area contributed by atoms with Crippen LogP contribution >= 0.6 is 0 Å². The van der Waals surface area contributed by atoms with E-state index in [1.54, 1.807) is 0 Å². The summed E-state index contributed by atoms with van der Waals surface area (Å²) in [5.41, 5.74) is 9.83. The van der Waals surface area contributed by atoms with Gasteiger partial charge in [-0.3, -0.25) is 4.40 Å². The van der Waals surface area contributed by atoms with Gasteiger partial charge >= 0.3 is 0 Å². The highest BCUT2D eigenvalue weighted by molar-refractivity contribution is 5.60. The van der Waals surface area contributed by atoms with Crippen LogP contribution in [0.1, 0.15) is 11.1 Å². The molecule has 0 saturated heterocycles. The van der Waals surface area contributed by atoms with Gasteiger partial charge in [0.05, 0.1) is 0 Å². The van der Waals surface area contributed by atoms with Crippen LogP contribution < -0.4 is 5.73 Å². The summed E-state index contributed by atoms with van der Waals surface area (Å²) in [6.07, 6.45) is 2.00. The van der Waals surface area contributed by atoms with E-state index >= 15 is 0 Å². The minimum Gasteiger partial charge on any atom is -0.326 e. The van der Waals surface area contributed by atoms with E-state index in [-0.39, 0.29) is 0 Å². The molecule has 2 N–H and O–H groups in total. The van der Waals surface area contributed by atoms with Crippen LogP contribution in [0.3, 0.4) is 0 Å². The molecule has 0 radical (unpaired) electrons. The minimum atomic E-state index is 0.531. The van der Waals surface area contributed by atoms with E-state index in [9.17, 15) is 0 Å². The van der Waals surface area contributed by atoms with Crippen LogP contribution in [0.2, 0.25) is 0 Å². The number of nitrogens with two attached hydrogens (primary N) is 1. The van der Waals surface area contributed by atoms with Crippen LogP contribution in [0.25, 0.3) is 17.0 Å². The Hall–Kier alpha value is -2.20. The second-order valence-corrected chi connectivity index (χ2v) is 4.36. The van der Waals surface area contributed by atoms with E-state index in [2.05, 4.69) is 16.3 Å². The number of hydrogen-bond donors (Lipinski definition) is 1. The van der Waals surface area contributed by atoms with Gasteiger partial charge in [-0.2, -0.15) is 0 Å². The maximum absolute atomic E-state index is 5.66. The predicted octanol–water partition coefficient (Wildman–Crippen LogP) is 2.16. The molecular formula is C14H14N4. The van der Waals surface area contributed by atoms with Crippen molar-refractivity contribution in [2.45, 2.75) is 13.5 Å². The number of aromatic nitrogens is 3. The molecule has 0 spiro atoms. The highest BCUT2D eigenvalue weighted by atomic mass is 15.2. The molecule has 3 rings (SSSR count). The first kappa shape index (κ1) is 10.9. The number of aryl methyl sites for hydroxylation is 1. The number of nitrogens with zero attached hydrogens (tertiary/aromatic N) is 3. The van der Waals surface area contributed by atoms with Gasteiger partial charge in [-0.25, -0.2) is 0 Å². The number of fused-ring (bicyclic) bond motifs is 1. The van der Waals surface area contributed by atoms with Gasteiger partial charge in [-0.1, -0.05) is 18.2 Å². The molecule has 0 unspecified atom stereocenters. The molecular weight excluding hydrogens is 224 g/mol. The van der Waals surface area contributed by atoms with E-state index in [0.717, 1.165) is 22.6 Å². The molecule has 3 aromatic rings. The summed E-state index contributed by atoms with van der Waals surface area (Å²) in [4.78, 5) is 0. The van der Waals surface area contributed by atoms with Crippen molar-refractivity contribution in [3.05, 3.63) is 53.7 Å². The zero-order chi connectivity index (χ0) is 12.5. The van der Waals surface area contributed by atoms with Gasteiger partial charge in [0.15, 0.2) is 11.5 Å². The molecule has 0 saturated carbocycles. The normalized spacial score (nSPS) is 11.0. The van der Waals surface area contributed by atoms with Crippen molar-refractivity contribution in [3.63, 3.8) is 0 Å². The van der Waals surface area contributed by atoms with Crippen LogP contribution in [0.5, 0.6) is 0 Å². The Morgan fingerprint density at radius 2 is 2.06 bits per heavy atom. The van der Waals surface area contributed by atoms with Crippen LogP contribution in [0.15, 0.2) is 42.6 Å². The zero-order valence-electron chi connectivity index (χ0n) is 10.2. The molecule has 2 aromatic heterocycles. The lowest BCUT2D eigenvalue weighted by Gasteiger charge is -2.02. The Labute approximate surface area is 105 Å². The Balaban J connectivity index is 2.19. The summed E-state index contributed by atoms with van der Waals surface area (Å²) in [6.45, 7) is 2.58. The summed E-state index contributed by atoms with van der Waals surface area (Å²) in [5, 5.41) is 8.45. The molecule has 0 fully saturated rings. The summed E-state index contributed by atoms with van der Waals surface area (Å²) in [5.74, 6) is 0.848. The van der Waals surface area contributed by atoms with Crippen molar-refractivity contribution in [1.82, 2.24) is 14.6 Å². The zero-order valence-corrected chi connectivity index (χ0v) is 10.2.